The summed E-state index contributed by atoms with van der Waals surface area (Å²) in [6, 6.07) is 10.8. The van der Waals surface area contributed by atoms with Crippen molar-refractivity contribution in [3.63, 3.8) is 0 Å². The SMILES string of the molecule is COc1ccc2c(c1)CC(C(=O)N=C(N)SC(=N)CCSCCc1nnc(NC(=O)C3Cc4cc(OC)ccc4O3)s1)O2. The van der Waals surface area contributed by atoms with Gasteiger partial charge in [0.05, 0.1) is 19.3 Å². The van der Waals surface area contributed by atoms with Gasteiger partial charge in [0.2, 0.25) is 5.13 Å². The van der Waals surface area contributed by atoms with Crippen molar-refractivity contribution >= 4 is 62.0 Å². The van der Waals surface area contributed by atoms with Crippen LogP contribution in [-0.2, 0) is 28.9 Å². The van der Waals surface area contributed by atoms with Crippen molar-refractivity contribution < 1.29 is 28.5 Å². The van der Waals surface area contributed by atoms with Crippen LogP contribution in [0.2, 0.25) is 0 Å². The van der Waals surface area contributed by atoms with Crippen LogP contribution in [0, 0.1) is 5.41 Å². The van der Waals surface area contributed by atoms with E-state index in [1.54, 1.807) is 50.2 Å². The minimum atomic E-state index is -0.738. The summed E-state index contributed by atoms with van der Waals surface area (Å²) in [7, 11) is 3.18. The van der Waals surface area contributed by atoms with Gasteiger partial charge in [-0.2, -0.15) is 16.8 Å². The number of amidine groups is 1. The number of amides is 2. The fourth-order valence-corrected chi connectivity index (χ4v) is 6.87. The maximum atomic E-state index is 12.7. The number of nitrogens with two attached hydrogens (primary N) is 1. The molecule has 15 heteroatoms. The second-order valence-corrected chi connectivity index (χ2v) is 12.9. The van der Waals surface area contributed by atoms with Gasteiger partial charge in [0.25, 0.3) is 11.8 Å². The molecular formula is C28H30N6O6S3. The number of ether oxygens (including phenoxy) is 4. The van der Waals surface area contributed by atoms with E-state index in [0.717, 1.165) is 39.4 Å². The Hall–Kier alpha value is -3.82. The number of rotatable bonds is 11. The lowest BCUT2D eigenvalue weighted by molar-refractivity contribution is -0.123. The highest BCUT2D eigenvalue weighted by molar-refractivity contribution is 8.26. The quantitative estimate of drug-likeness (QED) is 0.158. The van der Waals surface area contributed by atoms with Gasteiger partial charge in [0.15, 0.2) is 17.4 Å². The molecule has 0 aliphatic carbocycles. The van der Waals surface area contributed by atoms with Crippen LogP contribution in [0.1, 0.15) is 22.6 Å². The molecule has 0 saturated heterocycles. The van der Waals surface area contributed by atoms with Crippen LogP contribution in [0.15, 0.2) is 41.4 Å². The highest BCUT2D eigenvalue weighted by atomic mass is 32.2. The van der Waals surface area contributed by atoms with Crippen LogP contribution >= 0.6 is 34.9 Å². The Bertz CT molecular complexity index is 1550. The molecule has 2 aliphatic heterocycles. The van der Waals surface area contributed by atoms with E-state index in [4.69, 9.17) is 30.1 Å². The lowest BCUT2D eigenvalue weighted by atomic mass is 10.1. The third kappa shape index (κ3) is 7.97. The Morgan fingerprint density at radius 2 is 1.70 bits per heavy atom. The van der Waals surface area contributed by atoms with Crippen molar-refractivity contribution in [1.29, 1.82) is 5.41 Å². The lowest BCUT2D eigenvalue weighted by Crippen LogP contribution is -2.31. The van der Waals surface area contributed by atoms with E-state index >= 15 is 0 Å². The van der Waals surface area contributed by atoms with Crippen LogP contribution < -0.4 is 30.0 Å². The summed E-state index contributed by atoms with van der Waals surface area (Å²) in [6.45, 7) is 0. The number of fused-ring (bicyclic) bond motifs is 2. The smallest absolute Gasteiger partial charge is 0.289 e. The van der Waals surface area contributed by atoms with Gasteiger partial charge < -0.3 is 24.7 Å². The third-order valence-corrected chi connectivity index (χ3v) is 9.17. The van der Waals surface area contributed by atoms with Crippen molar-refractivity contribution in [2.45, 2.75) is 37.9 Å². The Morgan fingerprint density at radius 1 is 1.05 bits per heavy atom. The number of carbonyl (C=O) groups is 2. The molecule has 5 rings (SSSR count). The maximum Gasteiger partial charge on any atom is 0.289 e. The highest BCUT2D eigenvalue weighted by Crippen LogP contribution is 2.33. The number of thioether (sulfide) groups is 2. The average molecular weight is 643 g/mol. The molecule has 2 aliphatic rings. The summed E-state index contributed by atoms with van der Waals surface area (Å²) < 4.78 is 21.9. The van der Waals surface area contributed by atoms with Crippen molar-refractivity contribution in [1.82, 2.24) is 10.2 Å². The number of aryl methyl sites for hydroxylation is 1. The number of aromatic nitrogens is 2. The van der Waals surface area contributed by atoms with E-state index in [1.165, 1.54) is 11.3 Å². The summed E-state index contributed by atoms with van der Waals surface area (Å²) >= 11 is 3.96. The summed E-state index contributed by atoms with van der Waals surface area (Å²) in [5.74, 6) is 3.45. The second-order valence-electron chi connectivity index (χ2n) is 9.48. The zero-order valence-corrected chi connectivity index (χ0v) is 25.9. The molecule has 3 aromatic rings. The number of benzene rings is 2. The molecule has 0 radical (unpaired) electrons. The van der Waals surface area contributed by atoms with Gasteiger partial charge >= 0.3 is 0 Å². The molecule has 43 heavy (non-hydrogen) atoms. The summed E-state index contributed by atoms with van der Waals surface area (Å²) in [6.07, 6.45) is 0.645. The molecule has 2 unspecified atom stereocenters. The number of anilines is 1. The fourth-order valence-electron chi connectivity index (χ4n) is 4.39. The summed E-state index contributed by atoms with van der Waals surface area (Å²) in [5, 5.41) is 20.8. The summed E-state index contributed by atoms with van der Waals surface area (Å²) in [5.41, 5.74) is 7.73. The molecule has 1 aromatic heterocycles. The van der Waals surface area contributed by atoms with E-state index in [1.807, 2.05) is 12.1 Å². The first kappa shape index (κ1) is 30.6. The van der Waals surface area contributed by atoms with Crippen molar-refractivity contribution in [3.05, 3.63) is 52.5 Å². The van der Waals surface area contributed by atoms with E-state index < -0.39 is 18.1 Å². The van der Waals surface area contributed by atoms with Crippen LogP contribution in [0.3, 0.4) is 0 Å². The standard InChI is InChI=1S/C28H30N6O6S3/c1-37-17-3-5-19-15(11-17)13-21(39-19)25(35)31-27(30)42-23(29)7-9-41-10-8-24-33-34-28(43-24)32-26(36)22-14-16-12-18(38-2)4-6-20(16)40-22/h3-6,11-12,21-22,29H,7-10,13-14H2,1-2H3,(H2,30,31,35)(H,32,34,36). The van der Waals surface area contributed by atoms with Crippen LogP contribution in [0.4, 0.5) is 5.13 Å². The number of hydrogen-bond donors (Lipinski definition) is 3. The van der Waals surface area contributed by atoms with Crippen molar-refractivity contribution in [2.24, 2.45) is 10.7 Å². The minimum absolute atomic E-state index is 0.0205. The first-order valence-corrected chi connectivity index (χ1v) is 16.1. The molecule has 2 aromatic carbocycles. The predicted octanol–water partition coefficient (Wildman–Crippen LogP) is 3.72. The van der Waals surface area contributed by atoms with Gasteiger partial charge in [0, 0.05) is 36.8 Å². The van der Waals surface area contributed by atoms with Crippen LogP contribution in [0.25, 0.3) is 0 Å². The minimum Gasteiger partial charge on any atom is -0.497 e. The first-order chi connectivity index (χ1) is 20.8. The Morgan fingerprint density at radius 3 is 2.37 bits per heavy atom. The normalized spacial score (nSPS) is 16.9. The van der Waals surface area contributed by atoms with Gasteiger partial charge in [0.1, 0.15) is 28.0 Å². The first-order valence-electron chi connectivity index (χ1n) is 13.3. The van der Waals surface area contributed by atoms with Gasteiger partial charge in [-0.1, -0.05) is 11.3 Å². The monoisotopic (exact) mass is 642 g/mol. The van der Waals surface area contributed by atoms with Crippen LogP contribution in [0.5, 0.6) is 23.0 Å². The van der Waals surface area contributed by atoms with Gasteiger partial charge in [-0.05, 0) is 59.7 Å². The van der Waals surface area contributed by atoms with Gasteiger partial charge in [-0.3, -0.25) is 20.3 Å². The zero-order valence-electron chi connectivity index (χ0n) is 23.5. The third-order valence-electron chi connectivity index (χ3n) is 6.53. The predicted molar refractivity (Wildman–Crippen MR) is 168 cm³/mol. The molecular weight excluding hydrogens is 613 g/mol. The number of nitrogens with zero attached hydrogens (tertiary/aromatic N) is 3. The largest absolute Gasteiger partial charge is 0.497 e. The Kier molecular flexibility index (Phi) is 10.0. The number of nitrogens with one attached hydrogen (secondary N) is 2. The molecule has 226 valence electrons. The van der Waals surface area contributed by atoms with Crippen molar-refractivity contribution in [2.75, 3.05) is 31.0 Å². The van der Waals surface area contributed by atoms with E-state index in [9.17, 15) is 9.59 Å². The van der Waals surface area contributed by atoms with Gasteiger partial charge in [-0.25, -0.2) is 0 Å². The number of carbonyl (C=O) groups excluding carboxylic acids is 2. The Balaban J connectivity index is 0.972. The molecule has 0 bridgehead atoms. The topological polar surface area (TPSA) is 171 Å². The molecule has 0 fully saturated rings. The molecule has 0 saturated carbocycles. The number of hydrogen-bond acceptors (Lipinski definition) is 12. The molecule has 2 amide bonds. The molecule has 12 nitrogen and oxygen atoms in total. The highest BCUT2D eigenvalue weighted by Gasteiger charge is 2.31. The lowest BCUT2D eigenvalue weighted by Gasteiger charge is -2.09. The molecule has 3 heterocycles. The maximum absolute atomic E-state index is 12.7. The van der Waals surface area contributed by atoms with Crippen LogP contribution in [-0.4, -0.2) is 70.2 Å². The summed E-state index contributed by atoms with van der Waals surface area (Å²) in [4.78, 5) is 29.1. The fraction of sp³-hybridized carbons (Fsp3) is 0.357. The number of methoxy groups -OCH3 is 2. The molecule has 0 spiro atoms. The van der Waals surface area contributed by atoms with E-state index in [-0.39, 0.29) is 11.1 Å². The van der Waals surface area contributed by atoms with Crippen molar-refractivity contribution in [3.8, 4) is 23.0 Å². The molecule has 4 N–H and O–H groups in total. The molecule has 2 atom stereocenters. The zero-order chi connectivity index (χ0) is 30.3. The van der Waals surface area contributed by atoms with Gasteiger partial charge in [-0.15, -0.1) is 10.2 Å². The van der Waals surface area contributed by atoms with E-state index in [2.05, 4.69) is 20.5 Å². The average Bonchev–Trinajstić information content (AvgIpc) is 3.74. The van der Waals surface area contributed by atoms with E-state index in [0.29, 0.717) is 58.9 Å². The Labute approximate surface area is 260 Å². The number of aliphatic imine (C=N–C) groups is 1. The second kappa shape index (κ2) is 14.1.